The third-order valence-corrected chi connectivity index (χ3v) is 2.75. The van der Waals surface area contributed by atoms with Gasteiger partial charge in [0, 0.05) is 11.9 Å². The van der Waals surface area contributed by atoms with E-state index in [0.717, 1.165) is 24.1 Å². The molecule has 76 valence electrons. The van der Waals surface area contributed by atoms with Gasteiger partial charge in [0.15, 0.2) is 0 Å². The zero-order valence-electron chi connectivity index (χ0n) is 8.50. The largest absolute Gasteiger partial charge is 0.478 e. The molecule has 1 aromatic rings. The zero-order chi connectivity index (χ0) is 10.3. The molecule has 0 bridgehead atoms. The molecule has 1 fully saturated rings. The minimum absolute atomic E-state index is 0.374. The second-order valence-corrected chi connectivity index (χ2v) is 4.26. The van der Waals surface area contributed by atoms with Gasteiger partial charge in [0.05, 0.1) is 5.56 Å². The van der Waals surface area contributed by atoms with Gasteiger partial charge in [-0.05, 0) is 30.2 Å². The van der Waals surface area contributed by atoms with Crippen LogP contribution in [0.4, 0.5) is 0 Å². The molecule has 0 atom stereocenters. The number of aromatic amines is 1. The van der Waals surface area contributed by atoms with Crippen molar-refractivity contribution >= 4 is 5.97 Å². The molecule has 0 aromatic carbocycles. The number of nitrogens with one attached hydrogen (secondary N) is 1. The molecular formula is C11H15NO2. The van der Waals surface area contributed by atoms with E-state index >= 15 is 0 Å². The fourth-order valence-corrected chi connectivity index (χ4v) is 1.92. The summed E-state index contributed by atoms with van der Waals surface area (Å²) in [6, 6.07) is 0. The van der Waals surface area contributed by atoms with Crippen molar-refractivity contribution < 1.29 is 9.90 Å². The summed E-state index contributed by atoms with van der Waals surface area (Å²) in [6.45, 7) is 4.17. The van der Waals surface area contributed by atoms with E-state index in [0.29, 0.717) is 17.4 Å². The van der Waals surface area contributed by atoms with E-state index in [-0.39, 0.29) is 0 Å². The number of H-pyrrole nitrogens is 1. The van der Waals surface area contributed by atoms with Crippen LogP contribution >= 0.6 is 0 Å². The van der Waals surface area contributed by atoms with E-state index < -0.39 is 5.97 Å². The monoisotopic (exact) mass is 193 g/mol. The van der Waals surface area contributed by atoms with Crippen molar-refractivity contribution in [3.63, 3.8) is 0 Å². The molecule has 1 aliphatic carbocycles. The quantitative estimate of drug-likeness (QED) is 0.775. The number of hydrogen-bond acceptors (Lipinski definition) is 1. The van der Waals surface area contributed by atoms with Crippen LogP contribution in [0.2, 0.25) is 0 Å². The Labute approximate surface area is 83.1 Å². The molecule has 0 saturated heterocycles. The molecular weight excluding hydrogens is 178 g/mol. The van der Waals surface area contributed by atoms with E-state index in [1.807, 2.05) is 0 Å². The van der Waals surface area contributed by atoms with Gasteiger partial charge in [-0.2, -0.15) is 0 Å². The first-order valence-electron chi connectivity index (χ1n) is 5.05. The normalized spacial score (nSPS) is 16.2. The van der Waals surface area contributed by atoms with Crippen LogP contribution < -0.4 is 0 Å². The molecule has 1 heterocycles. The van der Waals surface area contributed by atoms with Crippen LogP contribution in [-0.2, 0) is 0 Å². The summed E-state index contributed by atoms with van der Waals surface area (Å²) in [4.78, 5) is 14.1. The van der Waals surface area contributed by atoms with E-state index in [2.05, 4.69) is 18.8 Å². The Morgan fingerprint density at radius 1 is 1.57 bits per heavy atom. The van der Waals surface area contributed by atoms with Crippen molar-refractivity contribution in [1.29, 1.82) is 0 Å². The number of carboxylic acid groups (broad SMARTS) is 1. The van der Waals surface area contributed by atoms with Crippen LogP contribution in [0.15, 0.2) is 6.20 Å². The lowest BCUT2D eigenvalue weighted by molar-refractivity contribution is 0.0696. The second kappa shape index (κ2) is 3.15. The van der Waals surface area contributed by atoms with Crippen molar-refractivity contribution in [2.24, 2.45) is 0 Å². The maximum absolute atomic E-state index is 11.0. The highest BCUT2D eigenvalue weighted by atomic mass is 16.4. The number of carbonyl (C=O) groups is 1. The van der Waals surface area contributed by atoms with Crippen LogP contribution in [0, 0.1) is 0 Å². The smallest absolute Gasteiger partial charge is 0.337 e. The standard InChI is InChI=1S/C11H15NO2/c1-6(2)10-9(7-3-4-7)8(5-12-10)11(13)14/h5-7,12H,3-4H2,1-2H3,(H,13,14). The molecule has 0 unspecified atom stereocenters. The fourth-order valence-electron chi connectivity index (χ4n) is 1.92. The van der Waals surface area contributed by atoms with Crippen LogP contribution in [0.3, 0.4) is 0 Å². The summed E-state index contributed by atoms with van der Waals surface area (Å²) < 4.78 is 0. The first-order chi connectivity index (χ1) is 6.61. The van der Waals surface area contributed by atoms with Gasteiger partial charge in [0.2, 0.25) is 0 Å². The third-order valence-electron chi connectivity index (χ3n) is 2.75. The predicted molar refractivity (Wildman–Crippen MR) is 53.8 cm³/mol. The van der Waals surface area contributed by atoms with E-state index in [1.54, 1.807) is 6.20 Å². The Kier molecular flexibility index (Phi) is 2.10. The maximum Gasteiger partial charge on any atom is 0.337 e. The maximum atomic E-state index is 11.0. The average Bonchev–Trinajstić information content (AvgIpc) is 2.83. The van der Waals surface area contributed by atoms with Gasteiger partial charge in [-0.25, -0.2) is 4.79 Å². The Balaban J connectivity index is 2.46. The summed E-state index contributed by atoms with van der Waals surface area (Å²) in [5.41, 5.74) is 2.62. The lowest BCUT2D eigenvalue weighted by Gasteiger charge is -2.06. The van der Waals surface area contributed by atoms with Gasteiger partial charge < -0.3 is 10.1 Å². The Bertz CT molecular complexity index is 361. The van der Waals surface area contributed by atoms with Crippen LogP contribution in [-0.4, -0.2) is 16.1 Å². The number of rotatable bonds is 3. The van der Waals surface area contributed by atoms with Crippen molar-refractivity contribution in [1.82, 2.24) is 4.98 Å². The highest BCUT2D eigenvalue weighted by Crippen LogP contribution is 2.44. The molecule has 1 aliphatic rings. The van der Waals surface area contributed by atoms with Gasteiger partial charge >= 0.3 is 5.97 Å². The van der Waals surface area contributed by atoms with Crippen molar-refractivity contribution in [2.45, 2.75) is 38.5 Å². The Morgan fingerprint density at radius 3 is 2.64 bits per heavy atom. The molecule has 0 aliphatic heterocycles. The molecule has 0 amide bonds. The van der Waals surface area contributed by atoms with Crippen LogP contribution in [0.5, 0.6) is 0 Å². The van der Waals surface area contributed by atoms with E-state index in [4.69, 9.17) is 5.11 Å². The SMILES string of the molecule is CC(C)c1[nH]cc(C(=O)O)c1C1CC1. The van der Waals surface area contributed by atoms with Crippen LogP contribution in [0.25, 0.3) is 0 Å². The number of hydrogen-bond donors (Lipinski definition) is 2. The molecule has 14 heavy (non-hydrogen) atoms. The fraction of sp³-hybridized carbons (Fsp3) is 0.545. The molecule has 2 rings (SSSR count). The first-order valence-corrected chi connectivity index (χ1v) is 5.05. The summed E-state index contributed by atoms with van der Waals surface area (Å²) in [7, 11) is 0. The second-order valence-electron chi connectivity index (χ2n) is 4.26. The number of aromatic carboxylic acids is 1. The topological polar surface area (TPSA) is 53.1 Å². The summed E-state index contributed by atoms with van der Waals surface area (Å²) in [5.74, 6) is 0.0542. The molecule has 2 N–H and O–H groups in total. The van der Waals surface area contributed by atoms with Gasteiger partial charge in [-0.1, -0.05) is 13.8 Å². The Hall–Kier alpha value is -1.25. The number of carboxylic acids is 1. The highest BCUT2D eigenvalue weighted by Gasteiger charge is 2.32. The molecule has 3 heteroatoms. The van der Waals surface area contributed by atoms with Crippen molar-refractivity contribution in [2.75, 3.05) is 0 Å². The minimum Gasteiger partial charge on any atom is -0.478 e. The van der Waals surface area contributed by atoms with Gasteiger partial charge in [0.1, 0.15) is 0 Å². The predicted octanol–water partition coefficient (Wildman–Crippen LogP) is 2.71. The van der Waals surface area contributed by atoms with Gasteiger partial charge in [0.25, 0.3) is 0 Å². The molecule has 1 aromatic heterocycles. The lowest BCUT2D eigenvalue weighted by Crippen LogP contribution is -2.00. The van der Waals surface area contributed by atoms with Crippen LogP contribution in [0.1, 0.15) is 60.1 Å². The first kappa shape index (κ1) is 9.31. The average molecular weight is 193 g/mol. The van der Waals surface area contributed by atoms with Gasteiger partial charge in [-0.3, -0.25) is 0 Å². The molecule has 0 spiro atoms. The summed E-state index contributed by atoms with van der Waals surface area (Å²) in [5, 5.41) is 9.02. The summed E-state index contributed by atoms with van der Waals surface area (Å²) in [6.07, 6.45) is 3.90. The number of aromatic nitrogens is 1. The Morgan fingerprint density at radius 2 is 2.21 bits per heavy atom. The van der Waals surface area contributed by atoms with E-state index in [1.165, 1.54) is 0 Å². The highest BCUT2D eigenvalue weighted by molar-refractivity contribution is 5.90. The van der Waals surface area contributed by atoms with Crippen molar-refractivity contribution in [3.05, 3.63) is 23.0 Å². The zero-order valence-corrected chi connectivity index (χ0v) is 8.50. The lowest BCUT2D eigenvalue weighted by atomic mass is 9.99. The van der Waals surface area contributed by atoms with Crippen molar-refractivity contribution in [3.8, 4) is 0 Å². The molecule has 3 nitrogen and oxygen atoms in total. The molecule has 0 radical (unpaired) electrons. The minimum atomic E-state index is -0.810. The summed E-state index contributed by atoms with van der Waals surface area (Å²) >= 11 is 0. The van der Waals surface area contributed by atoms with E-state index in [9.17, 15) is 4.79 Å². The van der Waals surface area contributed by atoms with Gasteiger partial charge in [-0.15, -0.1) is 0 Å². The third kappa shape index (κ3) is 1.43. The molecule has 1 saturated carbocycles.